The van der Waals surface area contributed by atoms with Crippen molar-refractivity contribution in [3.8, 4) is 0 Å². The molecule has 11 heteroatoms. The molecule has 0 atom stereocenters. The number of benzene rings is 2. The first-order valence-corrected chi connectivity index (χ1v) is 12.9. The molecule has 2 aliphatic rings. The molecule has 0 amide bonds. The van der Waals surface area contributed by atoms with Gasteiger partial charge in [-0.1, -0.05) is 0 Å². The standard InChI is InChI=1S/C20H24FN3O5S2/c21-19-15-16(3-8-20(19)23-9-1-2-10-23)22-30(25,26)17-4-6-18(7-5-17)31(27,28)24-11-13-29-14-12-24/h3-8,15,22H,1-2,9-14H2. The molecule has 8 nitrogen and oxygen atoms in total. The lowest BCUT2D eigenvalue weighted by Crippen LogP contribution is -2.40. The molecule has 2 aliphatic heterocycles. The molecule has 2 saturated heterocycles. The third-order valence-corrected chi connectivity index (χ3v) is 8.70. The van der Waals surface area contributed by atoms with E-state index < -0.39 is 25.9 Å². The molecule has 2 aromatic carbocycles. The second kappa shape index (κ2) is 8.73. The van der Waals surface area contributed by atoms with Gasteiger partial charge in [0.2, 0.25) is 10.0 Å². The molecule has 0 bridgehead atoms. The van der Waals surface area contributed by atoms with Crippen LogP contribution in [0.2, 0.25) is 0 Å². The van der Waals surface area contributed by atoms with Gasteiger partial charge in [-0.2, -0.15) is 4.31 Å². The molecular weight excluding hydrogens is 445 g/mol. The molecule has 0 saturated carbocycles. The lowest BCUT2D eigenvalue weighted by atomic mass is 10.2. The average Bonchev–Trinajstić information content (AvgIpc) is 3.29. The molecule has 4 rings (SSSR count). The van der Waals surface area contributed by atoms with Gasteiger partial charge in [0, 0.05) is 32.2 Å². The number of hydrogen-bond donors (Lipinski definition) is 1. The van der Waals surface area contributed by atoms with Crippen LogP contribution in [0.5, 0.6) is 0 Å². The van der Waals surface area contributed by atoms with Gasteiger partial charge in [0.15, 0.2) is 0 Å². The van der Waals surface area contributed by atoms with Crippen LogP contribution in [-0.2, 0) is 24.8 Å². The van der Waals surface area contributed by atoms with Gasteiger partial charge in [-0.15, -0.1) is 0 Å². The van der Waals surface area contributed by atoms with E-state index in [9.17, 15) is 21.2 Å². The smallest absolute Gasteiger partial charge is 0.261 e. The third kappa shape index (κ3) is 4.69. The summed E-state index contributed by atoms with van der Waals surface area (Å²) in [6.07, 6.45) is 2.01. The maximum absolute atomic E-state index is 14.5. The van der Waals surface area contributed by atoms with Gasteiger partial charge in [-0.25, -0.2) is 21.2 Å². The Labute approximate surface area is 181 Å². The van der Waals surface area contributed by atoms with E-state index in [1.54, 1.807) is 6.07 Å². The topological polar surface area (TPSA) is 96.0 Å². The number of rotatable bonds is 6. The third-order valence-electron chi connectivity index (χ3n) is 5.39. The highest BCUT2D eigenvalue weighted by molar-refractivity contribution is 7.92. The van der Waals surface area contributed by atoms with Crippen LogP contribution in [0.1, 0.15) is 12.8 Å². The molecule has 31 heavy (non-hydrogen) atoms. The maximum Gasteiger partial charge on any atom is 0.261 e. The zero-order chi connectivity index (χ0) is 22.1. The Balaban J connectivity index is 1.50. The number of nitrogens with zero attached hydrogens (tertiary/aromatic N) is 2. The van der Waals surface area contributed by atoms with E-state index in [4.69, 9.17) is 4.74 Å². The van der Waals surface area contributed by atoms with Crippen molar-refractivity contribution in [2.45, 2.75) is 22.6 Å². The van der Waals surface area contributed by atoms with Gasteiger partial charge in [0.1, 0.15) is 5.82 Å². The summed E-state index contributed by atoms with van der Waals surface area (Å²) >= 11 is 0. The Morgan fingerprint density at radius 2 is 1.45 bits per heavy atom. The monoisotopic (exact) mass is 469 g/mol. The van der Waals surface area contributed by atoms with Crippen LogP contribution in [0.3, 0.4) is 0 Å². The van der Waals surface area contributed by atoms with Crippen LogP contribution < -0.4 is 9.62 Å². The number of morpholine rings is 1. The normalized spacial score (nSPS) is 18.3. The molecular formula is C20H24FN3O5S2. The minimum absolute atomic E-state index is 0.00867. The Hall–Kier alpha value is -2.21. The predicted molar refractivity (Wildman–Crippen MR) is 115 cm³/mol. The van der Waals surface area contributed by atoms with Crippen molar-refractivity contribution in [3.05, 3.63) is 48.3 Å². The van der Waals surface area contributed by atoms with Crippen LogP contribution in [0.25, 0.3) is 0 Å². The lowest BCUT2D eigenvalue weighted by molar-refractivity contribution is 0.0730. The molecule has 0 spiro atoms. The highest BCUT2D eigenvalue weighted by Gasteiger charge is 2.27. The van der Waals surface area contributed by atoms with Crippen LogP contribution in [0, 0.1) is 5.82 Å². The Morgan fingerprint density at radius 3 is 2.06 bits per heavy atom. The fourth-order valence-corrected chi connectivity index (χ4v) is 6.18. The van der Waals surface area contributed by atoms with E-state index in [2.05, 4.69) is 4.72 Å². The van der Waals surface area contributed by atoms with Crippen LogP contribution >= 0.6 is 0 Å². The molecule has 2 aromatic rings. The molecule has 0 unspecified atom stereocenters. The summed E-state index contributed by atoms with van der Waals surface area (Å²) in [6, 6.07) is 9.21. The molecule has 2 fully saturated rings. The fraction of sp³-hybridized carbons (Fsp3) is 0.400. The Morgan fingerprint density at radius 1 is 0.839 bits per heavy atom. The molecule has 0 aliphatic carbocycles. The number of hydrogen-bond acceptors (Lipinski definition) is 6. The van der Waals surface area contributed by atoms with Crippen molar-refractivity contribution in [1.82, 2.24) is 4.31 Å². The van der Waals surface area contributed by atoms with Crippen molar-refractivity contribution in [2.24, 2.45) is 0 Å². The molecule has 1 N–H and O–H groups in total. The molecule has 168 valence electrons. The maximum atomic E-state index is 14.5. The van der Waals surface area contributed by atoms with E-state index in [-0.39, 0.29) is 28.6 Å². The minimum Gasteiger partial charge on any atom is -0.379 e. The molecule has 2 heterocycles. The zero-order valence-corrected chi connectivity index (χ0v) is 18.5. The summed E-state index contributed by atoms with van der Waals surface area (Å²) < 4.78 is 74.1. The first-order valence-electron chi connectivity index (χ1n) is 10.0. The second-order valence-electron chi connectivity index (χ2n) is 7.45. The van der Waals surface area contributed by atoms with E-state index in [1.165, 1.54) is 34.6 Å². The van der Waals surface area contributed by atoms with Gasteiger partial charge < -0.3 is 9.64 Å². The highest BCUT2D eigenvalue weighted by atomic mass is 32.2. The van der Waals surface area contributed by atoms with Crippen molar-refractivity contribution in [1.29, 1.82) is 0 Å². The first-order chi connectivity index (χ1) is 14.8. The molecule has 0 aromatic heterocycles. The van der Waals surface area contributed by atoms with Crippen LogP contribution in [0.15, 0.2) is 52.3 Å². The van der Waals surface area contributed by atoms with Crippen molar-refractivity contribution < 1.29 is 26.0 Å². The Kier molecular flexibility index (Phi) is 6.20. The lowest BCUT2D eigenvalue weighted by Gasteiger charge is -2.26. The highest BCUT2D eigenvalue weighted by Crippen LogP contribution is 2.27. The van der Waals surface area contributed by atoms with Gasteiger partial charge in [0.05, 0.1) is 34.4 Å². The zero-order valence-electron chi connectivity index (χ0n) is 16.8. The molecule has 0 radical (unpaired) electrons. The number of nitrogens with one attached hydrogen (secondary N) is 1. The predicted octanol–water partition coefficient (Wildman–Crippen LogP) is 2.25. The number of sulfonamides is 2. The van der Waals surface area contributed by atoms with Crippen LogP contribution in [-0.4, -0.2) is 60.5 Å². The summed E-state index contributed by atoms with van der Waals surface area (Å²) in [4.78, 5) is 1.83. The van der Waals surface area contributed by atoms with Crippen LogP contribution in [0.4, 0.5) is 15.8 Å². The van der Waals surface area contributed by atoms with E-state index in [1.807, 2.05) is 4.90 Å². The largest absolute Gasteiger partial charge is 0.379 e. The van der Waals surface area contributed by atoms with Gasteiger partial charge >= 0.3 is 0 Å². The fourth-order valence-electron chi connectivity index (χ4n) is 3.73. The SMILES string of the molecule is O=S(=O)(Nc1ccc(N2CCCC2)c(F)c1)c1ccc(S(=O)(=O)N2CCOCC2)cc1. The van der Waals surface area contributed by atoms with Gasteiger partial charge in [-0.05, 0) is 49.2 Å². The van der Waals surface area contributed by atoms with Crippen molar-refractivity contribution in [2.75, 3.05) is 49.0 Å². The summed E-state index contributed by atoms with van der Waals surface area (Å²) in [7, 11) is -7.73. The van der Waals surface area contributed by atoms with Gasteiger partial charge in [0.25, 0.3) is 10.0 Å². The second-order valence-corrected chi connectivity index (χ2v) is 11.1. The van der Waals surface area contributed by atoms with E-state index >= 15 is 0 Å². The first kappa shape index (κ1) is 22.0. The Bertz CT molecular complexity index is 1140. The van der Waals surface area contributed by atoms with Gasteiger partial charge in [-0.3, -0.25) is 4.72 Å². The van der Waals surface area contributed by atoms with Crippen molar-refractivity contribution >= 4 is 31.4 Å². The minimum atomic E-state index is -4.01. The average molecular weight is 470 g/mol. The summed E-state index contributed by atoms with van der Waals surface area (Å²) in [6.45, 7) is 2.71. The van der Waals surface area contributed by atoms with Crippen molar-refractivity contribution in [3.63, 3.8) is 0 Å². The quantitative estimate of drug-likeness (QED) is 0.697. The number of ether oxygens (including phenoxy) is 1. The summed E-state index contributed by atoms with van der Waals surface area (Å²) in [5.41, 5.74) is 0.559. The number of halogens is 1. The van der Waals surface area contributed by atoms with E-state index in [0.29, 0.717) is 18.9 Å². The van der Waals surface area contributed by atoms with E-state index in [0.717, 1.165) is 32.0 Å². The number of anilines is 2. The summed E-state index contributed by atoms with van der Waals surface area (Å²) in [5.74, 6) is -0.492. The summed E-state index contributed by atoms with van der Waals surface area (Å²) in [5, 5.41) is 0.